The number of nitrogens with zero attached hydrogens (tertiary/aromatic N) is 3. The van der Waals surface area contributed by atoms with E-state index in [9.17, 15) is 22.4 Å². The van der Waals surface area contributed by atoms with Crippen molar-refractivity contribution in [2.45, 2.75) is 56.7 Å². The summed E-state index contributed by atoms with van der Waals surface area (Å²) < 4.78 is 59.2. The molecule has 2 atom stereocenters. The molecule has 37 heavy (non-hydrogen) atoms. The highest BCUT2D eigenvalue weighted by atomic mass is 35.5. The third-order valence-corrected chi connectivity index (χ3v) is 8.01. The van der Waals surface area contributed by atoms with E-state index in [1.807, 2.05) is 5.32 Å². The second-order valence-electron chi connectivity index (χ2n) is 10.4. The molecular weight excluding hydrogens is 512 g/mol. The summed E-state index contributed by atoms with van der Waals surface area (Å²) in [4.78, 5) is 22.8. The van der Waals surface area contributed by atoms with E-state index in [0.29, 0.717) is 35.1 Å². The van der Waals surface area contributed by atoms with Gasteiger partial charge in [0.2, 0.25) is 11.9 Å². The molecule has 1 N–H and O–H groups in total. The molecule has 2 aliphatic carbocycles. The summed E-state index contributed by atoms with van der Waals surface area (Å²) in [6.45, 7) is 2.31. The van der Waals surface area contributed by atoms with Crippen molar-refractivity contribution >= 4 is 23.5 Å². The Hall–Kier alpha value is -2.62. The number of benzene rings is 1. The molecule has 1 aromatic carbocycles. The first-order valence-corrected chi connectivity index (χ1v) is 13.0. The smallest absolute Gasteiger partial charge is 0.411 e. The highest BCUT2D eigenvalue weighted by molar-refractivity contribution is 6.30. The van der Waals surface area contributed by atoms with Crippen molar-refractivity contribution in [1.82, 2.24) is 15.3 Å². The van der Waals surface area contributed by atoms with Crippen molar-refractivity contribution in [3.8, 4) is 5.75 Å². The lowest BCUT2D eigenvalue weighted by Crippen LogP contribution is -2.48. The fourth-order valence-corrected chi connectivity index (χ4v) is 5.45. The average molecular weight is 541 g/mol. The van der Waals surface area contributed by atoms with E-state index >= 15 is 0 Å². The Morgan fingerprint density at radius 1 is 1.19 bits per heavy atom. The summed E-state index contributed by atoms with van der Waals surface area (Å²) in [5, 5.41) is 2.55. The average Bonchev–Trinajstić information content (AvgIpc) is 3.78. The van der Waals surface area contributed by atoms with Crippen molar-refractivity contribution in [3.63, 3.8) is 0 Å². The van der Waals surface area contributed by atoms with Gasteiger partial charge in [-0.05, 0) is 67.9 Å². The number of ether oxygens (including phenoxy) is 1. The fraction of sp³-hybridized carbons (Fsp3) is 0.577. The zero-order valence-electron chi connectivity index (χ0n) is 20.2. The Bertz CT molecular complexity index is 1120. The van der Waals surface area contributed by atoms with Crippen LogP contribution in [0.25, 0.3) is 0 Å². The number of hydrogen-bond donors (Lipinski definition) is 1. The van der Waals surface area contributed by atoms with E-state index < -0.39 is 29.9 Å². The maximum Gasteiger partial charge on any atom is 0.411 e. The Morgan fingerprint density at radius 2 is 1.89 bits per heavy atom. The molecule has 11 heteroatoms. The first-order chi connectivity index (χ1) is 17.6. The van der Waals surface area contributed by atoms with Crippen LogP contribution >= 0.6 is 11.6 Å². The molecule has 1 aromatic heterocycles. The number of rotatable bonds is 9. The number of anilines is 1. The number of carbonyl (C=O) groups is 1. The third kappa shape index (κ3) is 6.10. The summed E-state index contributed by atoms with van der Waals surface area (Å²) >= 11 is 5.87. The quantitative estimate of drug-likeness (QED) is 0.435. The molecular formula is C26H29ClF4N4O2. The van der Waals surface area contributed by atoms with Gasteiger partial charge in [-0.2, -0.15) is 13.2 Å². The van der Waals surface area contributed by atoms with Crippen LogP contribution in [0, 0.1) is 23.6 Å². The number of alkyl halides is 3. The Morgan fingerprint density at radius 3 is 2.51 bits per heavy atom. The van der Waals surface area contributed by atoms with Gasteiger partial charge in [0.25, 0.3) is 0 Å². The van der Waals surface area contributed by atoms with Gasteiger partial charge < -0.3 is 15.0 Å². The van der Waals surface area contributed by atoms with Crippen molar-refractivity contribution in [1.29, 1.82) is 0 Å². The van der Waals surface area contributed by atoms with Gasteiger partial charge in [-0.3, -0.25) is 4.79 Å². The first-order valence-electron chi connectivity index (χ1n) is 12.6. The van der Waals surface area contributed by atoms with E-state index in [0.717, 1.165) is 38.3 Å². The van der Waals surface area contributed by atoms with Crippen molar-refractivity contribution < 1.29 is 27.1 Å². The minimum atomic E-state index is -4.50. The lowest BCUT2D eigenvalue weighted by molar-refractivity contribution is -0.170. The summed E-state index contributed by atoms with van der Waals surface area (Å²) in [5.41, 5.74) is -2.10. The van der Waals surface area contributed by atoms with Crippen molar-refractivity contribution in [2.24, 2.45) is 17.8 Å². The maximum atomic E-state index is 14.5. The van der Waals surface area contributed by atoms with E-state index in [-0.39, 0.29) is 18.4 Å². The van der Waals surface area contributed by atoms with Gasteiger partial charge in [-0.1, -0.05) is 17.7 Å². The molecule has 1 aliphatic heterocycles. The molecule has 2 saturated carbocycles. The van der Waals surface area contributed by atoms with E-state index in [2.05, 4.69) is 14.9 Å². The highest BCUT2D eigenvalue weighted by Crippen LogP contribution is 2.50. The minimum absolute atomic E-state index is 0.0421. The standard InChI is InChI=1S/C26H29ClF4N4O2/c27-19-14-32-24(33-15-19)35-8-3-16(4-9-35)21-11-17(21)5-10-37-20-2-1-18(22(28)13-20)12-23(36)34-25(6-7-25)26(29,30)31/h1-2,13-17,21H,3-12H2,(H,34,36). The van der Waals surface area contributed by atoms with Crippen LogP contribution in [-0.2, 0) is 11.2 Å². The monoisotopic (exact) mass is 540 g/mol. The maximum absolute atomic E-state index is 14.5. The second-order valence-corrected chi connectivity index (χ2v) is 10.8. The van der Waals surface area contributed by atoms with Gasteiger partial charge in [0.15, 0.2) is 0 Å². The third-order valence-electron chi connectivity index (χ3n) is 7.82. The summed E-state index contributed by atoms with van der Waals surface area (Å²) in [6, 6.07) is 4.15. The lowest BCUT2D eigenvalue weighted by Gasteiger charge is -2.32. The van der Waals surface area contributed by atoms with Gasteiger partial charge in [0.1, 0.15) is 17.1 Å². The first kappa shape index (κ1) is 26.0. The molecule has 2 aromatic rings. The molecule has 2 heterocycles. The minimum Gasteiger partial charge on any atom is -0.493 e. The lowest BCUT2D eigenvalue weighted by atomic mass is 9.90. The van der Waals surface area contributed by atoms with Crippen LogP contribution in [0.5, 0.6) is 5.75 Å². The van der Waals surface area contributed by atoms with Gasteiger partial charge in [0, 0.05) is 19.2 Å². The molecule has 0 spiro atoms. The van der Waals surface area contributed by atoms with E-state index in [4.69, 9.17) is 16.3 Å². The largest absolute Gasteiger partial charge is 0.493 e. The SMILES string of the molecule is O=C(Cc1ccc(OCCC2CC2C2CCN(c3ncc(Cl)cn3)CC2)cc1F)NC1(C(F)(F)F)CC1. The topological polar surface area (TPSA) is 67.3 Å². The van der Waals surface area contributed by atoms with Crippen LogP contribution < -0.4 is 15.0 Å². The summed E-state index contributed by atoms with van der Waals surface area (Å²) in [5.74, 6) is 1.52. The number of nitrogens with one attached hydrogen (secondary N) is 1. The van der Waals surface area contributed by atoms with Crippen LogP contribution in [0.4, 0.5) is 23.5 Å². The number of carbonyl (C=O) groups excluding carboxylic acids is 1. The molecule has 3 fully saturated rings. The number of aromatic nitrogens is 2. The molecule has 1 amide bonds. The normalized spacial score (nSPS) is 23.0. The van der Waals surface area contributed by atoms with Gasteiger partial charge in [-0.15, -0.1) is 0 Å². The summed E-state index contributed by atoms with van der Waals surface area (Å²) in [6.07, 6.45) is 2.25. The molecule has 5 rings (SSSR count). The van der Waals surface area contributed by atoms with Crippen LogP contribution in [-0.4, -0.2) is 47.3 Å². The highest BCUT2D eigenvalue weighted by Gasteiger charge is 2.64. The van der Waals surface area contributed by atoms with Crippen molar-refractivity contribution in [2.75, 3.05) is 24.6 Å². The van der Waals surface area contributed by atoms with E-state index in [1.165, 1.54) is 18.6 Å². The molecule has 200 valence electrons. The fourth-order valence-electron chi connectivity index (χ4n) is 5.35. The van der Waals surface area contributed by atoms with Gasteiger partial charge in [0.05, 0.1) is 30.4 Å². The van der Waals surface area contributed by atoms with Crippen LogP contribution in [0.15, 0.2) is 30.6 Å². The summed E-state index contributed by atoms with van der Waals surface area (Å²) in [7, 11) is 0. The number of hydrogen-bond acceptors (Lipinski definition) is 5. The molecule has 1 saturated heterocycles. The predicted molar refractivity (Wildman–Crippen MR) is 130 cm³/mol. The Kier molecular flexibility index (Phi) is 7.22. The molecule has 3 aliphatic rings. The van der Waals surface area contributed by atoms with Gasteiger partial charge in [-0.25, -0.2) is 14.4 Å². The molecule has 2 unspecified atom stereocenters. The molecule has 0 radical (unpaired) electrons. The second kappa shape index (κ2) is 10.3. The molecule has 0 bridgehead atoms. The number of piperidine rings is 1. The predicted octanol–water partition coefficient (Wildman–Crippen LogP) is 5.34. The molecule has 6 nitrogen and oxygen atoms in total. The zero-order chi connectivity index (χ0) is 26.2. The van der Waals surface area contributed by atoms with Crippen LogP contribution in [0.3, 0.4) is 0 Å². The Balaban J connectivity index is 1.02. The van der Waals surface area contributed by atoms with Crippen molar-refractivity contribution in [3.05, 3.63) is 47.0 Å². The number of amides is 1. The Labute approximate surface area is 217 Å². The zero-order valence-corrected chi connectivity index (χ0v) is 21.0. The van der Waals surface area contributed by atoms with Crippen LogP contribution in [0.1, 0.15) is 44.1 Å². The van der Waals surface area contributed by atoms with E-state index in [1.54, 1.807) is 18.5 Å². The number of halogens is 5. The van der Waals surface area contributed by atoms with Crippen LogP contribution in [0.2, 0.25) is 5.02 Å². The van der Waals surface area contributed by atoms with Gasteiger partial charge >= 0.3 is 6.18 Å².